The first-order valence-corrected chi connectivity index (χ1v) is 5.81. The maximum Gasteiger partial charge on any atom is 0.0847 e. The Morgan fingerprint density at radius 2 is 1.62 bits per heavy atom. The molecule has 0 aliphatic carbocycles. The van der Waals surface area contributed by atoms with Crippen LogP contribution in [0.3, 0.4) is 0 Å². The average Bonchev–Trinajstić information content (AvgIpc) is 2.25. The molecule has 0 aliphatic rings. The number of rotatable bonds is 4. The Morgan fingerprint density at radius 3 is 2.12 bits per heavy atom. The molecule has 0 bridgehead atoms. The lowest BCUT2D eigenvalue weighted by atomic mass is 9.84. The Balaban J connectivity index is 2.44. The van der Waals surface area contributed by atoms with Crippen molar-refractivity contribution in [1.29, 1.82) is 0 Å². The highest BCUT2D eigenvalue weighted by Crippen LogP contribution is 2.23. The molecule has 1 aromatic carbocycles. The molecule has 0 fully saturated rings. The lowest BCUT2D eigenvalue weighted by Gasteiger charge is -2.30. The molecule has 2 N–H and O–H groups in total. The van der Waals surface area contributed by atoms with E-state index in [-0.39, 0.29) is 5.41 Å². The van der Waals surface area contributed by atoms with Crippen LogP contribution in [0.15, 0.2) is 30.3 Å². The number of benzene rings is 1. The Labute approximate surface area is 97.9 Å². The van der Waals surface area contributed by atoms with Gasteiger partial charge in [-0.25, -0.2) is 0 Å². The minimum atomic E-state index is -0.670. The Morgan fingerprint density at radius 1 is 1.06 bits per heavy atom. The first-order valence-electron chi connectivity index (χ1n) is 5.81. The van der Waals surface area contributed by atoms with E-state index in [0.29, 0.717) is 6.42 Å². The second kappa shape index (κ2) is 5.46. The van der Waals surface area contributed by atoms with Crippen molar-refractivity contribution >= 4 is 0 Å². The molecule has 2 heteroatoms. The predicted octanol–water partition coefficient (Wildman–Crippen LogP) is 2.39. The van der Waals surface area contributed by atoms with Gasteiger partial charge in [0.2, 0.25) is 0 Å². The quantitative estimate of drug-likeness (QED) is 0.821. The zero-order valence-electron chi connectivity index (χ0n) is 10.4. The molecule has 1 aromatic rings. The lowest BCUT2D eigenvalue weighted by molar-refractivity contribution is -0.0470. The van der Waals surface area contributed by atoms with E-state index in [1.807, 2.05) is 51.1 Å². The monoisotopic (exact) mass is 222 g/mol. The lowest BCUT2D eigenvalue weighted by Crippen LogP contribution is -2.37. The van der Waals surface area contributed by atoms with Gasteiger partial charge in [0.05, 0.1) is 12.2 Å². The van der Waals surface area contributed by atoms with Gasteiger partial charge in [-0.2, -0.15) is 0 Å². The number of hydrogen-bond acceptors (Lipinski definition) is 2. The molecule has 0 heterocycles. The summed E-state index contributed by atoms with van der Waals surface area (Å²) in [6.07, 6.45) is 0.0776. The predicted molar refractivity (Wildman–Crippen MR) is 66.2 cm³/mol. The third kappa shape index (κ3) is 3.95. The van der Waals surface area contributed by atoms with Crippen LogP contribution in [-0.2, 0) is 6.42 Å². The van der Waals surface area contributed by atoms with Crippen LogP contribution in [0.5, 0.6) is 0 Å². The highest BCUT2D eigenvalue weighted by atomic mass is 16.3. The van der Waals surface area contributed by atoms with Gasteiger partial charge in [-0.3, -0.25) is 0 Å². The largest absolute Gasteiger partial charge is 0.390 e. The van der Waals surface area contributed by atoms with Crippen molar-refractivity contribution in [2.24, 2.45) is 5.41 Å². The van der Waals surface area contributed by atoms with Crippen LogP contribution >= 0.6 is 0 Å². The Kier molecular flexibility index (Phi) is 4.51. The van der Waals surface area contributed by atoms with Gasteiger partial charge in [0, 0.05) is 0 Å². The molecule has 0 aromatic heterocycles. The van der Waals surface area contributed by atoms with E-state index in [9.17, 15) is 10.2 Å². The molecule has 0 saturated heterocycles. The van der Waals surface area contributed by atoms with E-state index in [1.165, 1.54) is 5.56 Å². The second-order valence-electron chi connectivity index (χ2n) is 5.40. The molecule has 16 heavy (non-hydrogen) atoms. The third-order valence-corrected chi connectivity index (χ3v) is 2.82. The fourth-order valence-electron chi connectivity index (χ4n) is 1.69. The van der Waals surface area contributed by atoms with Crippen molar-refractivity contribution in [1.82, 2.24) is 0 Å². The molecule has 2 nitrogen and oxygen atoms in total. The molecule has 0 spiro atoms. The van der Waals surface area contributed by atoms with Crippen molar-refractivity contribution in [3.63, 3.8) is 0 Å². The Hall–Kier alpha value is -0.860. The van der Waals surface area contributed by atoms with E-state index >= 15 is 0 Å². The van der Waals surface area contributed by atoms with Gasteiger partial charge in [0.25, 0.3) is 0 Å². The number of hydrogen-bond donors (Lipinski definition) is 2. The molecule has 2 atom stereocenters. The Bertz CT molecular complexity index is 300. The molecular weight excluding hydrogens is 200 g/mol. The first-order chi connectivity index (χ1) is 7.41. The van der Waals surface area contributed by atoms with Gasteiger partial charge in [0.15, 0.2) is 0 Å². The molecule has 0 aliphatic heterocycles. The number of aliphatic hydroxyl groups excluding tert-OH is 2. The van der Waals surface area contributed by atoms with E-state index in [0.717, 1.165) is 6.42 Å². The second-order valence-corrected chi connectivity index (χ2v) is 5.40. The summed E-state index contributed by atoms with van der Waals surface area (Å²) in [5.74, 6) is 0. The zero-order chi connectivity index (χ0) is 12.2. The summed E-state index contributed by atoms with van der Waals surface area (Å²) in [6, 6.07) is 10.0. The van der Waals surface area contributed by atoms with Crippen molar-refractivity contribution in [3.8, 4) is 0 Å². The van der Waals surface area contributed by atoms with Crippen LogP contribution in [0.25, 0.3) is 0 Å². The van der Waals surface area contributed by atoms with Crippen LogP contribution < -0.4 is 0 Å². The van der Waals surface area contributed by atoms with E-state index in [1.54, 1.807) is 0 Å². The highest BCUT2D eigenvalue weighted by molar-refractivity contribution is 5.14. The SMILES string of the molecule is CC(C)(C)[C@@H](O)[C@@H](O)CCc1ccccc1. The van der Waals surface area contributed by atoms with Crippen molar-refractivity contribution < 1.29 is 10.2 Å². The van der Waals surface area contributed by atoms with Gasteiger partial charge < -0.3 is 10.2 Å². The smallest absolute Gasteiger partial charge is 0.0847 e. The van der Waals surface area contributed by atoms with Gasteiger partial charge in [0.1, 0.15) is 0 Å². The average molecular weight is 222 g/mol. The van der Waals surface area contributed by atoms with Crippen molar-refractivity contribution in [2.45, 2.75) is 45.8 Å². The van der Waals surface area contributed by atoms with Crippen LogP contribution in [0.2, 0.25) is 0 Å². The first kappa shape index (κ1) is 13.2. The minimum Gasteiger partial charge on any atom is -0.390 e. The highest BCUT2D eigenvalue weighted by Gasteiger charge is 2.28. The summed E-state index contributed by atoms with van der Waals surface area (Å²) in [4.78, 5) is 0. The summed E-state index contributed by atoms with van der Waals surface area (Å²) in [5.41, 5.74) is 0.929. The summed E-state index contributed by atoms with van der Waals surface area (Å²) < 4.78 is 0. The van der Waals surface area contributed by atoms with Crippen molar-refractivity contribution in [3.05, 3.63) is 35.9 Å². The molecule has 90 valence electrons. The summed E-state index contributed by atoms with van der Waals surface area (Å²) in [6.45, 7) is 5.80. The van der Waals surface area contributed by atoms with E-state index in [4.69, 9.17) is 0 Å². The molecule has 0 saturated carbocycles. The fraction of sp³-hybridized carbons (Fsp3) is 0.571. The zero-order valence-corrected chi connectivity index (χ0v) is 10.4. The van der Waals surface area contributed by atoms with Gasteiger partial charge in [-0.1, -0.05) is 51.1 Å². The van der Waals surface area contributed by atoms with Crippen LogP contribution in [0, 0.1) is 5.41 Å². The van der Waals surface area contributed by atoms with Crippen molar-refractivity contribution in [2.75, 3.05) is 0 Å². The van der Waals surface area contributed by atoms with E-state index in [2.05, 4.69) is 0 Å². The van der Waals surface area contributed by atoms with Gasteiger partial charge >= 0.3 is 0 Å². The van der Waals surface area contributed by atoms with Crippen LogP contribution in [0.1, 0.15) is 32.8 Å². The molecule has 0 amide bonds. The molecule has 0 unspecified atom stereocenters. The van der Waals surface area contributed by atoms with Gasteiger partial charge in [-0.15, -0.1) is 0 Å². The standard InChI is InChI=1S/C14H22O2/c1-14(2,3)13(16)12(15)10-9-11-7-5-4-6-8-11/h4-8,12-13,15-16H,9-10H2,1-3H3/t12-,13-/m0/s1. The topological polar surface area (TPSA) is 40.5 Å². The van der Waals surface area contributed by atoms with Crippen LogP contribution in [0.4, 0.5) is 0 Å². The molecule has 0 radical (unpaired) electrons. The molecular formula is C14H22O2. The normalized spacial score (nSPS) is 15.8. The van der Waals surface area contributed by atoms with Crippen LogP contribution in [-0.4, -0.2) is 22.4 Å². The summed E-state index contributed by atoms with van der Waals surface area (Å²) in [5, 5.41) is 19.7. The number of aryl methyl sites for hydroxylation is 1. The van der Waals surface area contributed by atoms with E-state index < -0.39 is 12.2 Å². The van der Waals surface area contributed by atoms with Gasteiger partial charge in [-0.05, 0) is 23.8 Å². The fourth-order valence-corrected chi connectivity index (χ4v) is 1.69. The summed E-state index contributed by atoms with van der Waals surface area (Å²) >= 11 is 0. The summed E-state index contributed by atoms with van der Waals surface area (Å²) in [7, 11) is 0. The maximum atomic E-state index is 9.88. The molecule has 1 rings (SSSR count). The number of aliphatic hydroxyl groups is 2. The third-order valence-electron chi connectivity index (χ3n) is 2.82. The minimum absolute atomic E-state index is 0.268. The maximum absolute atomic E-state index is 9.88.